The van der Waals surface area contributed by atoms with Gasteiger partial charge in [0.1, 0.15) is 46.8 Å². The second-order valence-electron chi connectivity index (χ2n) is 37.2. The van der Waals surface area contributed by atoms with E-state index in [9.17, 15) is 62.9 Å². The second-order valence-corrected chi connectivity index (χ2v) is 42.3. The number of hydrogen-bond donors (Lipinski definition) is 15. The van der Waals surface area contributed by atoms with Gasteiger partial charge in [-0.1, -0.05) is 248 Å². The molecule has 0 saturated heterocycles. The minimum atomic E-state index is -4.25. The van der Waals surface area contributed by atoms with Gasteiger partial charge in [-0.15, -0.1) is 0 Å². The van der Waals surface area contributed by atoms with Crippen LogP contribution < -0.4 is 69.6 Å². The summed E-state index contributed by atoms with van der Waals surface area (Å²) in [6.07, 6.45) is 60.2. The summed E-state index contributed by atoms with van der Waals surface area (Å²) in [5.41, 5.74) is 38.9. The molecule has 9 atom stereocenters. The quantitative estimate of drug-likeness (QED) is 0.00956. The molecule has 3 amide bonds. The molecule has 39 nitrogen and oxygen atoms in total. The van der Waals surface area contributed by atoms with E-state index in [1.54, 1.807) is 57.7 Å². The van der Waals surface area contributed by atoms with Gasteiger partial charge in [0.2, 0.25) is 17.7 Å². The van der Waals surface area contributed by atoms with Gasteiger partial charge >= 0.3 is 28.5 Å². The SMILES string of the molecule is CCCCCCCC/C=C\CCCCCCCCNC(=O)[C@@H](N)Cc1ccc(OP(=O)(O)CO[C@H](CO)Cn2ccc(N)nc2=O)cc1.CCCCCCCC/C=C\CCCCCCCCNC(=O)[C@@H](N)Cc1ccc(OP(=O)(O)CO[C@H](CO)Cn2cnc3c(N)ncnc32)cc1.CCCCCCCCOCCCCCCCNC(=O)[C@@H](N)Cc1ccc(OP(=O)(O)CO[C@H](CO)Cn2cnc3c(N)ncnc32)cc1. The molecular weight excluding hydrogens is 1930 g/mol. The van der Waals surface area contributed by atoms with Crippen molar-refractivity contribution in [2.24, 2.45) is 17.2 Å². The number of anilines is 3. The maximum absolute atomic E-state index is 12.7. The molecule has 0 spiro atoms. The van der Waals surface area contributed by atoms with Crippen LogP contribution in [0.1, 0.15) is 288 Å². The lowest BCUT2D eigenvalue weighted by Crippen LogP contribution is -2.42. The highest BCUT2D eigenvalue weighted by atomic mass is 31.2. The Labute approximate surface area is 862 Å². The number of aromatic nitrogens is 10. The molecule has 816 valence electrons. The summed E-state index contributed by atoms with van der Waals surface area (Å²) >= 11 is 0. The van der Waals surface area contributed by atoms with E-state index in [0.717, 1.165) is 101 Å². The molecule has 0 aliphatic heterocycles. The topological polar surface area (TPSA) is 603 Å². The molecule has 5 aromatic heterocycles. The van der Waals surface area contributed by atoms with Crippen molar-refractivity contribution in [2.75, 3.05) is 88.9 Å². The molecule has 0 radical (unpaired) electrons. The number of carbonyl (C=O) groups excluding carboxylic acids is 3. The first-order valence-corrected chi connectivity index (χ1v) is 58.0. The van der Waals surface area contributed by atoms with Crippen LogP contribution in [0, 0.1) is 0 Å². The van der Waals surface area contributed by atoms with Crippen LogP contribution in [0.4, 0.5) is 17.5 Å². The van der Waals surface area contributed by atoms with Crippen molar-refractivity contribution in [3.63, 3.8) is 0 Å². The Morgan fingerprint density at radius 3 is 0.952 bits per heavy atom. The Morgan fingerprint density at radius 2 is 0.658 bits per heavy atom. The van der Waals surface area contributed by atoms with E-state index in [-0.39, 0.29) is 72.1 Å². The molecule has 42 heteroatoms. The third kappa shape index (κ3) is 54.6. The summed E-state index contributed by atoms with van der Waals surface area (Å²) < 4.78 is 80.3. The first-order chi connectivity index (χ1) is 70.6. The minimum absolute atomic E-state index is 0.0570. The number of fused-ring (bicyclic) bond motifs is 2. The lowest BCUT2D eigenvalue weighted by atomic mass is 10.1. The van der Waals surface area contributed by atoms with Gasteiger partial charge in [-0.25, -0.2) is 48.4 Å². The Kier molecular flexibility index (Phi) is 63.8. The third-order valence-corrected chi connectivity index (χ3v) is 27.2. The average molecular weight is 2100 g/mol. The molecule has 3 aromatic carbocycles. The number of unbranched alkanes of at least 4 members (excludes halogenated alkanes) is 33. The highest BCUT2D eigenvalue weighted by molar-refractivity contribution is 7.53. The smallest absolute Gasteiger partial charge is 0.402 e. The van der Waals surface area contributed by atoms with Crippen molar-refractivity contribution in [3.8, 4) is 17.2 Å². The summed E-state index contributed by atoms with van der Waals surface area (Å²) in [6, 6.07) is 18.6. The maximum atomic E-state index is 12.7. The fourth-order valence-electron chi connectivity index (χ4n) is 15.8. The van der Waals surface area contributed by atoms with Crippen molar-refractivity contribution in [2.45, 2.75) is 347 Å². The number of nitrogens with zero attached hydrogens (tertiary/aromatic N) is 10. The van der Waals surface area contributed by atoms with Crippen LogP contribution in [-0.2, 0) is 85.9 Å². The van der Waals surface area contributed by atoms with E-state index in [2.05, 4.69) is 95.9 Å². The number of imidazole rings is 2. The fourth-order valence-corrected chi connectivity index (χ4v) is 18.5. The van der Waals surface area contributed by atoms with Crippen LogP contribution in [0.25, 0.3) is 22.3 Å². The second kappa shape index (κ2) is 74.4. The van der Waals surface area contributed by atoms with E-state index < -0.39 is 104 Å². The first kappa shape index (κ1) is 125. The van der Waals surface area contributed by atoms with E-state index in [0.29, 0.717) is 61.2 Å². The number of amides is 3. The van der Waals surface area contributed by atoms with Gasteiger partial charge in [-0.3, -0.25) is 19.0 Å². The zero-order valence-corrected chi connectivity index (χ0v) is 89.1. The number of benzene rings is 3. The Bertz CT molecular complexity index is 5160. The number of carbonyl (C=O) groups is 3. The number of nitrogens with one attached hydrogen (secondary N) is 3. The average Bonchev–Trinajstić information content (AvgIpc) is 1.67. The summed E-state index contributed by atoms with van der Waals surface area (Å²) in [5.74, 6) is 0.318. The number of hydrogen-bond acceptors (Lipinski definition) is 30. The predicted molar refractivity (Wildman–Crippen MR) is 574 cm³/mol. The van der Waals surface area contributed by atoms with Crippen molar-refractivity contribution in [3.05, 3.63) is 162 Å². The van der Waals surface area contributed by atoms with Crippen LogP contribution in [0.2, 0.25) is 0 Å². The summed E-state index contributed by atoms with van der Waals surface area (Å²) in [5, 5.41) is 37.9. The Hall–Kier alpha value is -9.50. The molecule has 5 heterocycles. The standard InChI is InChI=1S/C36H58N7O6P.C35H58N5O7P.C33H54N7O7P/c1-2-3-4-5-6-7-8-9-10-11-12-13-14-15-16-17-22-39-36(45)32(37)23-29-18-20-30(21-19-29)49-50(46,47)28-48-31(25-44)24-43-27-42-33-34(38)40-26-41-35(33)43;1-2-3-4-5-6-7-8-9-10-11-12-13-14-15-16-17-23-38-34(42)32(36)25-29-18-20-30(21-19-29)47-48(44,45)28-46-31(27-41)26-40-24-22-33(37)39-35(40)43;1-2-3-4-5-8-11-18-45-19-12-9-6-7-10-17-36-33(42)29(34)20-26-13-15-27(16-14-26)47-48(43,44)25-46-28(22-41)21-40-24-39-30-31(35)37-23-38-32(30)40/h9-10,18-21,26-27,31-32,44H,2-8,11-17,22-25,28,37H2,1H3,(H,39,45)(H,46,47)(H2,38,40,41);9-10,18-22,24,31-32,41H,2-8,11-17,23,25-28,36H2,1H3,(H,38,42)(H,44,45)(H2,37,39,43);13-16,23-24,28-29,41H,2-12,17-22,25,34H2,1H3,(H,36,42)(H,43,44)(H2,35,37,38)/b2*10-9-;/t2*31-,32-;28-,29-/m000/s1. The van der Waals surface area contributed by atoms with Crippen molar-refractivity contribution >= 4 is 80.3 Å². The summed E-state index contributed by atoms with van der Waals surface area (Å²) in [7, 11) is -12.7. The van der Waals surface area contributed by atoms with Gasteiger partial charge in [-0.2, -0.15) is 4.98 Å². The molecular formula is C104H170N19O20P3. The molecule has 8 rings (SSSR count). The van der Waals surface area contributed by atoms with Crippen LogP contribution in [-0.4, -0.2) is 204 Å². The van der Waals surface area contributed by atoms with Crippen molar-refractivity contribution in [1.29, 1.82) is 0 Å². The number of rotatable bonds is 80. The monoisotopic (exact) mass is 2100 g/mol. The van der Waals surface area contributed by atoms with Crippen molar-refractivity contribution in [1.82, 2.24) is 64.5 Å². The van der Waals surface area contributed by atoms with Crippen LogP contribution >= 0.6 is 22.8 Å². The molecule has 0 fully saturated rings. The molecule has 0 aliphatic carbocycles. The van der Waals surface area contributed by atoms with Crippen LogP contribution in [0.5, 0.6) is 17.2 Å². The number of aliphatic hydroxyl groups is 3. The fraction of sp³-hybridized carbons (Fsp3) is 0.625. The molecule has 3 unspecified atom stereocenters. The number of ether oxygens (including phenoxy) is 4. The van der Waals surface area contributed by atoms with E-state index in [1.807, 2.05) is 0 Å². The number of nitrogens with two attached hydrogens (primary N) is 6. The van der Waals surface area contributed by atoms with Gasteiger partial charge in [0.15, 0.2) is 42.0 Å². The molecule has 21 N–H and O–H groups in total. The van der Waals surface area contributed by atoms with Gasteiger partial charge in [0, 0.05) is 39.0 Å². The summed E-state index contributed by atoms with van der Waals surface area (Å²) in [6.45, 7) is 9.01. The lowest BCUT2D eigenvalue weighted by Gasteiger charge is -2.19. The van der Waals surface area contributed by atoms with E-state index in [1.165, 1.54) is 246 Å². The van der Waals surface area contributed by atoms with Crippen molar-refractivity contribution < 1.29 is 90.6 Å². The maximum Gasteiger partial charge on any atom is 0.402 e. The largest absolute Gasteiger partial charge is 0.423 e. The Morgan fingerprint density at radius 1 is 0.377 bits per heavy atom. The van der Waals surface area contributed by atoms with Gasteiger partial charge in [0.25, 0.3) is 0 Å². The molecule has 0 bridgehead atoms. The van der Waals surface area contributed by atoms with Gasteiger partial charge in [0.05, 0.1) is 88.5 Å². The number of nitrogen functional groups attached to an aromatic ring is 3. The van der Waals surface area contributed by atoms with E-state index in [4.69, 9.17) is 66.9 Å². The van der Waals surface area contributed by atoms with E-state index >= 15 is 0 Å². The molecule has 0 saturated carbocycles. The highest BCUT2D eigenvalue weighted by Crippen LogP contribution is 2.45. The predicted octanol–water partition coefficient (Wildman–Crippen LogP) is 15.8. The lowest BCUT2D eigenvalue weighted by molar-refractivity contribution is -0.123. The normalized spacial score (nSPS) is 14.1. The molecule has 146 heavy (non-hydrogen) atoms. The Balaban J connectivity index is 0.000000335. The zero-order valence-electron chi connectivity index (χ0n) is 86.4. The van der Waals surface area contributed by atoms with Crippen LogP contribution in [0.15, 0.2) is 139 Å². The highest BCUT2D eigenvalue weighted by Gasteiger charge is 2.30. The first-order valence-electron chi connectivity index (χ1n) is 52.7. The van der Waals surface area contributed by atoms with Gasteiger partial charge < -0.3 is 122 Å². The zero-order chi connectivity index (χ0) is 106. The van der Waals surface area contributed by atoms with Crippen LogP contribution in [0.3, 0.4) is 0 Å². The molecule has 0 aliphatic rings. The number of aliphatic hydroxyl groups excluding tert-OH is 3. The summed E-state index contributed by atoms with van der Waals surface area (Å²) in [4.78, 5) is 108. The third-order valence-electron chi connectivity index (χ3n) is 24.3. The molecule has 8 aromatic rings. The van der Waals surface area contributed by atoms with Gasteiger partial charge in [-0.05, 0) is 162 Å². The number of allylic oxidation sites excluding steroid dienone is 4. The minimum Gasteiger partial charge on any atom is -0.423 e.